The lowest BCUT2D eigenvalue weighted by Gasteiger charge is -2.40. The fraction of sp³-hybridized carbons (Fsp3) is 0.541. The van der Waals surface area contributed by atoms with Crippen molar-refractivity contribution in [3.8, 4) is 11.1 Å². The number of hydrogen-bond acceptors (Lipinski definition) is 8. The van der Waals surface area contributed by atoms with Gasteiger partial charge in [-0.3, -0.25) is 4.79 Å². The molecule has 0 radical (unpaired) electrons. The van der Waals surface area contributed by atoms with E-state index in [1.807, 2.05) is 74.5 Å². The molecule has 2 atom stereocenters. The van der Waals surface area contributed by atoms with Crippen LogP contribution < -0.4 is 4.31 Å². The molecule has 3 heterocycles. The number of benzene rings is 1. The van der Waals surface area contributed by atoms with E-state index in [2.05, 4.69) is 5.10 Å². The zero-order valence-electron chi connectivity index (χ0n) is 31.0. The van der Waals surface area contributed by atoms with E-state index in [1.165, 1.54) is 16.4 Å². The van der Waals surface area contributed by atoms with Crippen molar-refractivity contribution < 1.29 is 31.8 Å². The van der Waals surface area contributed by atoms with Crippen molar-refractivity contribution in [2.75, 3.05) is 10.6 Å². The van der Waals surface area contributed by atoms with Crippen LogP contribution in [0.3, 0.4) is 0 Å². The molecule has 0 saturated carbocycles. The maximum atomic E-state index is 14.1. The largest absolute Gasteiger partial charge is 0.460 e. The monoisotopic (exact) mass is 700 g/mol. The van der Waals surface area contributed by atoms with Crippen molar-refractivity contribution in [1.29, 1.82) is 0 Å². The highest BCUT2D eigenvalue weighted by molar-refractivity contribution is 7.92. The first-order valence-corrected chi connectivity index (χ1v) is 18.7. The SMILES string of the molecule is CC.CCn1nccc1N(c1nc(C(C)C)c(/C=C/[C@@H]2C[C@H](CC(=O)OC(C)(C)C)OC(C)(C)O2)c(-c2ccc(F)cc2)c1C)S(C)(=O)=O. The molecule has 12 heteroatoms. The number of aryl methyl sites for hydroxylation is 1. The van der Waals surface area contributed by atoms with Crippen LogP contribution in [-0.2, 0) is 35.6 Å². The van der Waals surface area contributed by atoms with Gasteiger partial charge in [0.15, 0.2) is 11.6 Å². The number of anilines is 2. The minimum absolute atomic E-state index is 0.0809. The second-order valence-electron chi connectivity index (χ2n) is 13.6. The molecule has 3 aromatic rings. The van der Waals surface area contributed by atoms with E-state index in [0.29, 0.717) is 41.2 Å². The van der Waals surface area contributed by atoms with Gasteiger partial charge in [0, 0.05) is 30.2 Å². The Morgan fingerprint density at radius 2 is 1.80 bits per heavy atom. The summed E-state index contributed by atoms with van der Waals surface area (Å²) in [6, 6.07) is 7.75. The molecule has 1 aliphatic heterocycles. The molecular weight excluding hydrogens is 647 g/mol. The van der Waals surface area contributed by atoms with Gasteiger partial charge in [-0.15, -0.1) is 0 Å². The first-order chi connectivity index (χ1) is 22.8. The summed E-state index contributed by atoms with van der Waals surface area (Å²) in [7, 11) is -3.87. The molecule has 0 N–H and O–H groups in total. The smallest absolute Gasteiger partial charge is 0.308 e. The van der Waals surface area contributed by atoms with Crippen molar-refractivity contribution in [1.82, 2.24) is 14.8 Å². The Balaban J connectivity index is 0.00000319. The van der Waals surface area contributed by atoms with Crippen LogP contribution in [0.25, 0.3) is 17.2 Å². The van der Waals surface area contributed by atoms with Crippen LogP contribution in [-0.4, -0.2) is 59.0 Å². The number of halogens is 1. The number of aromatic nitrogens is 3. The zero-order valence-corrected chi connectivity index (χ0v) is 31.8. The summed E-state index contributed by atoms with van der Waals surface area (Å²) < 4.78 is 61.6. The van der Waals surface area contributed by atoms with E-state index in [1.54, 1.807) is 42.9 Å². The average Bonchev–Trinajstić information content (AvgIpc) is 3.44. The molecule has 2 aromatic heterocycles. The van der Waals surface area contributed by atoms with Gasteiger partial charge in [-0.2, -0.15) is 5.10 Å². The highest BCUT2D eigenvalue weighted by Crippen LogP contribution is 2.41. The first-order valence-electron chi connectivity index (χ1n) is 16.9. The Bertz CT molecular complexity index is 1730. The second kappa shape index (κ2) is 15.9. The van der Waals surface area contributed by atoms with E-state index >= 15 is 0 Å². The number of nitrogens with zero attached hydrogens (tertiary/aromatic N) is 4. The average molecular weight is 701 g/mol. The molecular formula is C37H53FN4O6S. The van der Waals surface area contributed by atoms with Gasteiger partial charge in [0.1, 0.15) is 17.2 Å². The van der Waals surface area contributed by atoms with Crippen molar-refractivity contribution >= 4 is 33.7 Å². The number of rotatable bonds is 10. The molecule has 1 aromatic carbocycles. The molecule has 1 saturated heterocycles. The minimum Gasteiger partial charge on any atom is -0.460 e. The maximum Gasteiger partial charge on any atom is 0.308 e. The lowest BCUT2D eigenvalue weighted by atomic mass is 9.90. The lowest BCUT2D eigenvalue weighted by Crippen LogP contribution is -2.45. The van der Waals surface area contributed by atoms with Gasteiger partial charge in [0.05, 0.1) is 36.8 Å². The van der Waals surface area contributed by atoms with Crippen molar-refractivity contribution in [2.24, 2.45) is 0 Å². The topological polar surface area (TPSA) is 113 Å². The van der Waals surface area contributed by atoms with Crippen LogP contribution in [0.1, 0.15) is 105 Å². The molecule has 49 heavy (non-hydrogen) atoms. The third-order valence-corrected chi connectivity index (χ3v) is 8.58. The standard InChI is InChI=1S/C35H47FN4O6S.C2H6/c1-11-39-29(18-19-37-39)40(47(10,42)43)33-23(4)31(24-12-14-25(36)15-13-24)28(32(38-33)22(2)3)17-16-26-20-27(45-35(8,9)44-26)21-30(41)46-34(5,6)7;1-2/h12-19,22,26-27H,11,20-21H2,1-10H3;1-2H3/b17-16+;/t26-,27-;/m1./s1. The summed E-state index contributed by atoms with van der Waals surface area (Å²) in [5, 5.41) is 4.30. The van der Waals surface area contributed by atoms with Crippen LogP contribution in [0.4, 0.5) is 16.0 Å². The van der Waals surface area contributed by atoms with Crippen LogP contribution in [0.2, 0.25) is 0 Å². The Morgan fingerprint density at radius 1 is 1.16 bits per heavy atom. The fourth-order valence-electron chi connectivity index (χ4n) is 5.84. The van der Waals surface area contributed by atoms with Gasteiger partial charge in [-0.25, -0.2) is 26.8 Å². The molecule has 0 bridgehead atoms. The van der Waals surface area contributed by atoms with Gasteiger partial charge in [-0.05, 0) is 77.6 Å². The maximum absolute atomic E-state index is 14.1. The zero-order chi connectivity index (χ0) is 36.9. The number of hydrogen-bond donors (Lipinski definition) is 0. The van der Waals surface area contributed by atoms with Gasteiger partial charge < -0.3 is 14.2 Å². The van der Waals surface area contributed by atoms with Gasteiger partial charge >= 0.3 is 5.97 Å². The summed E-state index contributed by atoms with van der Waals surface area (Å²) in [4.78, 5) is 17.6. The predicted octanol–water partition coefficient (Wildman–Crippen LogP) is 8.32. The van der Waals surface area contributed by atoms with E-state index in [0.717, 1.165) is 11.8 Å². The number of carbonyl (C=O) groups is 1. The summed E-state index contributed by atoms with van der Waals surface area (Å²) in [6.07, 6.45) is 6.18. The van der Waals surface area contributed by atoms with Gasteiger partial charge in [-0.1, -0.05) is 52.0 Å². The second-order valence-corrected chi connectivity index (χ2v) is 15.4. The molecule has 0 aliphatic carbocycles. The van der Waals surface area contributed by atoms with E-state index in [9.17, 15) is 17.6 Å². The quantitative estimate of drug-likeness (QED) is 0.194. The Morgan fingerprint density at radius 3 is 2.35 bits per heavy atom. The summed E-state index contributed by atoms with van der Waals surface area (Å²) in [5.74, 6) is -1.22. The van der Waals surface area contributed by atoms with E-state index in [4.69, 9.17) is 19.2 Å². The molecule has 0 amide bonds. The van der Waals surface area contributed by atoms with Crippen molar-refractivity contribution in [3.63, 3.8) is 0 Å². The number of carbonyl (C=O) groups excluding carboxylic acids is 1. The summed E-state index contributed by atoms with van der Waals surface area (Å²) >= 11 is 0. The highest BCUT2D eigenvalue weighted by atomic mass is 32.2. The molecule has 4 rings (SSSR count). The lowest BCUT2D eigenvalue weighted by molar-refractivity contribution is -0.290. The van der Waals surface area contributed by atoms with Crippen molar-refractivity contribution in [3.05, 3.63) is 65.2 Å². The molecule has 0 spiro atoms. The van der Waals surface area contributed by atoms with Crippen LogP contribution in [0.5, 0.6) is 0 Å². The van der Waals surface area contributed by atoms with Gasteiger partial charge in [0.2, 0.25) is 10.0 Å². The van der Waals surface area contributed by atoms with Crippen LogP contribution in [0, 0.1) is 12.7 Å². The first kappa shape index (κ1) is 39.8. The Hall–Kier alpha value is -3.61. The normalized spacial score (nSPS) is 17.9. The number of esters is 1. The highest BCUT2D eigenvalue weighted by Gasteiger charge is 2.37. The summed E-state index contributed by atoms with van der Waals surface area (Å²) in [5.41, 5.74) is 2.79. The van der Waals surface area contributed by atoms with Gasteiger partial charge in [0.25, 0.3) is 0 Å². The van der Waals surface area contributed by atoms with Crippen molar-refractivity contribution in [2.45, 2.75) is 125 Å². The predicted molar refractivity (Wildman–Crippen MR) is 193 cm³/mol. The molecule has 0 unspecified atom stereocenters. The third-order valence-electron chi connectivity index (χ3n) is 7.56. The Labute approximate surface area is 291 Å². The number of sulfonamides is 1. The fourth-order valence-corrected chi connectivity index (χ4v) is 6.82. The molecule has 1 fully saturated rings. The van der Waals surface area contributed by atoms with E-state index in [-0.39, 0.29) is 29.9 Å². The molecule has 1 aliphatic rings. The number of pyridine rings is 1. The molecule has 10 nitrogen and oxygen atoms in total. The minimum atomic E-state index is -3.87. The third kappa shape index (κ3) is 10.2. The Kier molecular flexibility index (Phi) is 13.0. The van der Waals surface area contributed by atoms with Crippen LogP contribution in [0.15, 0.2) is 42.6 Å². The van der Waals surface area contributed by atoms with E-state index < -0.39 is 33.6 Å². The molecule has 270 valence electrons. The number of ether oxygens (including phenoxy) is 3. The van der Waals surface area contributed by atoms with Crippen LogP contribution >= 0.6 is 0 Å². The summed E-state index contributed by atoms with van der Waals surface area (Å²) in [6.45, 7) is 21.2.